The molecule has 16 heteroatoms. The number of nitrogens with one attached hydrogen (secondary N) is 1. The topological polar surface area (TPSA) is 202 Å². The van der Waals surface area contributed by atoms with E-state index in [-0.39, 0.29) is 37.1 Å². The molecule has 0 bridgehead atoms. The zero-order valence-electron chi connectivity index (χ0n) is 21.6. The summed E-state index contributed by atoms with van der Waals surface area (Å²) >= 11 is 0.885. The zero-order valence-corrected chi connectivity index (χ0v) is 24.0. The molecule has 1 aromatic heterocycles. The molecule has 4 rings (SSSR count). The summed E-state index contributed by atoms with van der Waals surface area (Å²) < 4.78 is 73.2. The number of hydrogen-bond acceptors (Lipinski definition) is 11. The maximum atomic E-state index is 12.8. The normalized spacial score (nSPS) is 12.9. The minimum Gasteiger partial charge on any atom is -0.495 e. The summed E-state index contributed by atoms with van der Waals surface area (Å²) in [6, 6.07) is 11.4. The summed E-state index contributed by atoms with van der Waals surface area (Å²) in [6.45, 7) is 2.61. The molecule has 0 aliphatic rings. The molecule has 0 aliphatic heterocycles. The highest BCUT2D eigenvalue weighted by Crippen LogP contribution is 2.38. The van der Waals surface area contributed by atoms with E-state index in [1.807, 2.05) is 0 Å². The minimum atomic E-state index is -4.89. The second-order valence-corrected chi connectivity index (χ2v) is 12.4. The second-order valence-electron chi connectivity index (χ2n) is 8.63. The van der Waals surface area contributed by atoms with Crippen molar-refractivity contribution in [3.05, 3.63) is 60.2 Å². The average molecular weight is 619 g/mol. The third-order valence-corrected chi connectivity index (χ3v) is 8.92. The lowest BCUT2D eigenvalue weighted by molar-refractivity contribution is -0.126. The monoisotopic (exact) mass is 618 g/mol. The number of aromatic nitrogens is 1. The van der Waals surface area contributed by atoms with Gasteiger partial charge in [-0.3, -0.25) is 18.7 Å². The van der Waals surface area contributed by atoms with Gasteiger partial charge in [0, 0.05) is 5.56 Å². The van der Waals surface area contributed by atoms with E-state index < -0.39 is 42.9 Å². The Labute approximate surface area is 238 Å². The lowest BCUT2D eigenvalue weighted by Crippen LogP contribution is -2.32. The third-order valence-electron chi connectivity index (χ3n) is 5.73. The first-order valence-corrected chi connectivity index (χ1v) is 15.2. The Hall–Kier alpha value is -4.09. The Bertz CT molecular complexity index is 1930. The van der Waals surface area contributed by atoms with Crippen LogP contribution >= 0.6 is 11.3 Å². The van der Waals surface area contributed by atoms with Crippen molar-refractivity contribution in [3.8, 4) is 16.3 Å². The molecule has 13 nitrogen and oxygen atoms in total. The predicted octanol–water partition coefficient (Wildman–Crippen LogP) is 4.45. The van der Waals surface area contributed by atoms with Gasteiger partial charge in [0.25, 0.3) is 26.1 Å². The molecule has 1 amide bonds. The van der Waals surface area contributed by atoms with E-state index in [1.165, 1.54) is 32.2 Å². The van der Waals surface area contributed by atoms with Gasteiger partial charge in [0.2, 0.25) is 6.04 Å². The van der Waals surface area contributed by atoms with Gasteiger partial charge in [-0.25, -0.2) is 4.98 Å². The summed E-state index contributed by atoms with van der Waals surface area (Å²) in [5.74, 6) is -1.21. The van der Waals surface area contributed by atoms with Crippen LogP contribution in [0.15, 0.2) is 74.6 Å². The number of anilines is 1. The number of hydrogen-bond donors (Lipinski definition) is 3. The average Bonchev–Trinajstić information content (AvgIpc) is 3.31. The van der Waals surface area contributed by atoms with Crippen LogP contribution in [0.1, 0.15) is 12.5 Å². The number of azo groups is 1. The van der Waals surface area contributed by atoms with Gasteiger partial charge in [0.15, 0.2) is 5.78 Å². The summed E-state index contributed by atoms with van der Waals surface area (Å²) in [7, 11) is -8.07. The van der Waals surface area contributed by atoms with Crippen molar-refractivity contribution in [3.63, 3.8) is 0 Å². The largest absolute Gasteiger partial charge is 0.495 e. The highest BCUT2D eigenvalue weighted by atomic mass is 32.2. The molecule has 1 unspecified atom stereocenters. The Balaban J connectivity index is 1.73. The van der Waals surface area contributed by atoms with Crippen LogP contribution in [0.4, 0.5) is 11.4 Å². The number of carbonyl (C=O) groups is 2. The van der Waals surface area contributed by atoms with Crippen LogP contribution in [0.3, 0.4) is 0 Å². The van der Waals surface area contributed by atoms with E-state index in [4.69, 9.17) is 4.74 Å². The molecule has 41 heavy (non-hydrogen) atoms. The standard InChI is InChI=1S/C25H22N4O9S3/c1-13-8-10-18-22(23(13)41(35,36)37)39-25(27-18)15-9-11-17(20(12-15)40(32,33)34)28-29-21(14(2)30)24(31)26-16-6-4-5-7-19(16)38-3/h4-12,21H,1-3H3,(H,26,31)(H,32,33,34)(H,35,36,37). The van der Waals surface area contributed by atoms with Crippen LogP contribution in [0, 0.1) is 6.92 Å². The number of fused-ring (bicyclic) bond motifs is 1. The number of ether oxygens (including phenoxy) is 1. The molecule has 0 saturated heterocycles. The molecule has 0 fully saturated rings. The predicted molar refractivity (Wildman–Crippen MR) is 150 cm³/mol. The number of ketones is 1. The van der Waals surface area contributed by atoms with Gasteiger partial charge < -0.3 is 10.1 Å². The molecule has 1 atom stereocenters. The molecule has 3 aromatic carbocycles. The Morgan fingerprint density at radius 1 is 1.02 bits per heavy atom. The van der Waals surface area contributed by atoms with Gasteiger partial charge in [0.05, 0.1) is 23.0 Å². The molecule has 0 aliphatic carbocycles. The highest BCUT2D eigenvalue weighted by Gasteiger charge is 2.26. The number of Topliss-reactive ketones (excluding diaryl/α,β-unsaturated/α-hetero) is 1. The summed E-state index contributed by atoms with van der Waals surface area (Å²) in [5, 5.41) is 10.2. The van der Waals surface area contributed by atoms with E-state index in [0.29, 0.717) is 11.3 Å². The minimum absolute atomic E-state index is 0.157. The summed E-state index contributed by atoms with van der Waals surface area (Å²) in [5.41, 5.74) is 0.606. The van der Waals surface area contributed by atoms with E-state index in [0.717, 1.165) is 24.3 Å². The molecular weight excluding hydrogens is 596 g/mol. The van der Waals surface area contributed by atoms with Crippen LogP contribution in [-0.4, -0.2) is 55.8 Å². The molecule has 0 spiro atoms. The van der Waals surface area contributed by atoms with Crippen molar-refractivity contribution in [1.82, 2.24) is 4.98 Å². The molecule has 3 N–H and O–H groups in total. The van der Waals surface area contributed by atoms with E-state index in [1.54, 1.807) is 30.3 Å². The zero-order chi connectivity index (χ0) is 30.1. The van der Waals surface area contributed by atoms with Crippen molar-refractivity contribution in [2.24, 2.45) is 10.2 Å². The third kappa shape index (κ3) is 6.47. The number of amides is 1. The van der Waals surface area contributed by atoms with Crippen molar-refractivity contribution in [2.45, 2.75) is 29.7 Å². The number of aryl methyl sites for hydroxylation is 1. The number of nitrogens with zero attached hydrogens (tertiary/aromatic N) is 3. The van der Waals surface area contributed by atoms with Gasteiger partial charge >= 0.3 is 0 Å². The number of rotatable bonds is 9. The van der Waals surface area contributed by atoms with Crippen LogP contribution in [0.5, 0.6) is 5.75 Å². The lowest BCUT2D eigenvalue weighted by atomic mass is 10.2. The fourth-order valence-electron chi connectivity index (χ4n) is 3.83. The molecule has 4 aromatic rings. The van der Waals surface area contributed by atoms with Crippen molar-refractivity contribution in [1.29, 1.82) is 0 Å². The molecular formula is C25H22N4O9S3. The Kier molecular flexibility index (Phi) is 8.32. The molecule has 0 saturated carbocycles. The fraction of sp³-hybridized carbons (Fsp3) is 0.160. The fourth-order valence-corrected chi connectivity index (χ4v) is 6.79. The van der Waals surface area contributed by atoms with Crippen molar-refractivity contribution >= 4 is 64.9 Å². The van der Waals surface area contributed by atoms with Gasteiger partial charge in [-0.05, 0) is 55.8 Å². The first kappa shape index (κ1) is 29.9. The van der Waals surface area contributed by atoms with Crippen LogP contribution in [0.25, 0.3) is 20.8 Å². The smallest absolute Gasteiger partial charge is 0.296 e. The second kappa shape index (κ2) is 11.4. The van der Waals surface area contributed by atoms with Crippen molar-refractivity contribution < 1.29 is 40.3 Å². The first-order chi connectivity index (χ1) is 19.2. The Morgan fingerprint density at radius 2 is 1.73 bits per heavy atom. The molecule has 214 valence electrons. The first-order valence-electron chi connectivity index (χ1n) is 11.6. The number of para-hydroxylation sites is 2. The maximum absolute atomic E-state index is 12.8. The number of carbonyl (C=O) groups excluding carboxylic acids is 2. The number of methoxy groups -OCH3 is 1. The summed E-state index contributed by atoms with van der Waals surface area (Å²) in [6.07, 6.45) is 0. The van der Waals surface area contributed by atoms with Crippen LogP contribution in [0.2, 0.25) is 0 Å². The van der Waals surface area contributed by atoms with E-state index in [2.05, 4.69) is 20.5 Å². The van der Waals surface area contributed by atoms with Gasteiger partial charge in [-0.15, -0.1) is 11.3 Å². The number of thiazole rings is 1. The quantitative estimate of drug-likeness (QED) is 0.137. The number of benzene rings is 3. The van der Waals surface area contributed by atoms with Gasteiger partial charge in [-0.1, -0.05) is 18.2 Å². The highest BCUT2D eigenvalue weighted by molar-refractivity contribution is 7.86. The van der Waals surface area contributed by atoms with Gasteiger partial charge in [0.1, 0.15) is 26.2 Å². The van der Waals surface area contributed by atoms with Crippen molar-refractivity contribution in [2.75, 3.05) is 12.4 Å². The molecule has 0 radical (unpaired) electrons. The summed E-state index contributed by atoms with van der Waals surface area (Å²) in [4.78, 5) is 28.3. The van der Waals surface area contributed by atoms with E-state index in [9.17, 15) is 35.5 Å². The molecule has 1 heterocycles. The Morgan fingerprint density at radius 3 is 2.37 bits per heavy atom. The SMILES string of the molecule is COc1ccccc1NC(=O)C(N=Nc1ccc(-c2nc3ccc(C)c(S(=O)(=O)O)c3s2)cc1S(=O)(=O)O)C(C)=O. The van der Waals surface area contributed by atoms with Gasteiger partial charge in [-0.2, -0.15) is 27.1 Å². The maximum Gasteiger partial charge on any atom is 0.296 e. The van der Waals surface area contributed by atoms with Crippen LogP contribution in [-0.2, 0) is 29.8 Å². The lowest BCUT2D eigenvalue weighted by Gasteiger charge is -2.12. The van der Waals surface area contributed by atoms with Crippen LogP contribution < -0.4 is 10.1 Å². The van der Waals surface area contributed by atoms with E-state index >= 15 is 0 Å².